The van der Waals surface area contributed by atoms with E-state index >= 15 is 0 Å². The van der Waals surface area contributed by atoms with E-state index in [0.717, 1.165) is 58.1 Å². The second-order valence-electron chi connectivity index (χ2n) is 6.88. The van der Waals surface area contributed by atoms with Crippen molar-refractivity contribution in [3.05, 3.63) is 0 Å². The molecule has 1 aliphatic carbocycles. The lowest BCUT2D eigenvalue weighted by Gasteiger charge is -2.42. The minimum absolute atomic E-state index is 0.139. The Labute approximate surface area is 140 Å². The van der Waals surface area contributed by atoms with Crippen molar-refractivity contribution in [1.29, 1.82) is 0 Å². The highest BCUT2D eigenvalue weighted by molar-refractivity contribution is 5.79. The smallest absolute Gasteiger partial charge is 0.191 e. The van der Waals surface area contributed by atoms with Gasteiger partial charge in [0.2, 0.25) is 0 Å². The molecule has 1 aliphatic heterocycles. The van der Waals surface area contributed by atoms with Crippen LogP contribution in [0.15, 0.2) is 4.99 Å². The van der Waals surface area contributed by atoms with Gasteiger partial charge in [-0.15, -0.1) is 0 Å². The lowest BCUT2D eigenvalue weighted by atomic mass is 9.67. The number of hydrogen-bond donors (Lipinski definition) is 2. The van der Waals surface area contributed by atoms with Crippen LogP contribution in [0.2, 0.25) is 0 Å². The van der Waals surface area contributed by atoms with Gasteiger partial charge in [-0.1, -0.05) is 6.42 Å². The first kappa shape index (κ1) is 18.5. The van der Waals surface area contributed by atoms with Gasteiger partial charge in [0.1, 0.15) is 0 Å². The molecule has 6 nitrogen and oxygen atoms in total. The number of aliphatic imine (C=N–C) groups is 1. The Morgan fingerprint density at radius 2 is 1.78 bits per heavy atom. The van der Waals surface area contributed by atoms with Crippen LogP contribution < -0.4 is 10.6 Å². The Morgan fingerprint density at radius 3 is 2.30 bits per heavy atom. The van der Waals surface area contributed by atoms with Gasteiger partial charge in [0, 0.05) is 67.0 Å². The van der Waals surface area contributed by atoms with Gasteiger partial charge in [-0.05, 0) is 24.7 Å². The second-order valence-corrected chi connectivity index (χ2v) is 6.88. The number of methoxy groups -OCH3 is 2. The van der Waals surface area contributed by atoms with Crippen LogP contribution in [0.4, 0.5) is 0 Å². The van der Waals surface area contributed by atoms with Gasteiger partial charge in [0.25, 0.3) is 0 Å². The monoisotopic (exact) mass is 327 g/mol. The predicted molar refractivity (Wildman–Crippen MR) is 91.9 cm³/mol. The zero-order chi connectivity index (χ0) is 16.6. The van der Waals surface area contributed by atoms with Gasteiger partial charge in [0.15, 0.2) is 5.96 Å². The average molecular weight is 327 g/mol. The van der Waals surface area contributed by atoms with E-state index in [-0.39, 0.29) is 5.60 Å². The van der Waals surface area contributed by atoms with Crippen LogP contribution in [0.3, 0.4) is 0 Å². The summed E-state index contributed by atoms with van der Waals surface area (Å²) in [6, 6.07) is 0. The molecule has 134 valence electrons. The molecule has 0 unspecified atom stereocenters. The van der Waals surface area contributed by atoms with E-state index < -0.39 is 0 Å². The molecule has 1 saturated carbocycles. The summed E-state index contributed by atoms with van der Waals surface area (Å²) >= 11 is 0. The molecule has 2 N–H and O–H groups in total. The maximum absolute atomic E-state index is 5.76. The van der Waals surface area contributed by atoms with Crippen LogP contribution >= 0.6 is 0 Å². The zero-order valence-corrected chi connectivity index (χ0v) is 15.0. The SMILES string of the molecule is CN=C(NCC1(CCOC)CCC1)NCC1(OC)CCOCC1. The number of nitrogens with zero attached hydrogens (tertiary/aromatic N) is 1. The zero-order valence-electron chi connectivity index (χ0n) is 15.0. The number of guanidine groups is 1. The van der Waals surface area contributed by atoms with Crippen molar-refractivity contribution in [1.82, 2.24) is 10.6 Å². The number of rotatable bonds is 8. The Balaban J connectivity index is 1.78. The highest BCUT2D eigenvalue weighted by Crippen LogP contribution is 2.43. The summed E-state index contributed by atoms with van der Waals surface area (Å²) in [6.45, 7) is 4.08. The minimum atomic E-state index is -0.139. The molecule has 2 fully saturated rings. The molecule has 6 heteroatoms. The van der Waals surface area contributed by atoms with Crippen LogP contribution in [-0.4, -0.2) is 65.7 Å². The fourth-order valence-electron chi connectivity index (χ4n) is 3.44. The van der Waals surface area contributed by atoms with Crippen molar-refractivity contribution in [2.45, 2.75) is 44.1 Å². The molecule has 0 spiro atoms. The number of ether oxygens (including phenoxy) is 3. The Hall–Kier alpha value is -0.850. The summed E-state index contributed by atoms with van der Waals surface area (Å²) in [6.07, 6.45) is 6.84. The third kappa shape index (κ3) is 5.06. The molecule has 2 aliphatic rings. The molecule has 1 heterocycles. The standard InChI is InChI=1S/C17H33N3O3/c1-18-15(19-13-16(5-4-6-16)7-10-21-2)20-14-17(22-3)8-11-23-12-9-17/h4-14H2,1-3H3,(H2,18,19,20). The molecule has 2 rings (SSSR count). The van der Waals surface area contributed by atoms with E-state index in [1.54, 1.807) is 14.2 Å². The maximum atomic E-state index is 5.76. The van der Waals surface area contributed by atoms with Crippen molar-refractivity contribution in [2.75, 3.05) is 54.2 Å². The summed E-state index contributed by atoms with van der Waals surface area (Å²) in [4.78, 5) is 4.36. The molecule has 0 radical (unpaired) electrons. The Bertz CT molecular complexity index is 377. The Kier molecular flexibility index (Phi) is 7.11. The molecule has 0 aromatic carbocycles. The third-order valence-corrected chi connectivity index (χ3v) is 5.52. The highest BCUT2D eigenvalue weighted by atomic mass is 16.5. The van der Waals surface area contributed by atoms with E-state index in [9.17, 15) is 0 Å². The Morgan fingerprint density at radius 1 is 1.09 bits per heavy atom. The van der Waals surface area contributed by atoms with Gasteiger partial charge >= 0.3 is 0 Å². The molecular formula is C17H33N3O3. The highest BCUT2D eigenvalue weighted by Gasteiger charge is 2.37. The summed E-state index contributed by atoms with van der Waals surface area (Å²) in [5, 5.41) is 6.93. The van der Waals surface area contributed by atoms with Crippen molar-refractivity contribution in [3.8, 4) is 0 Å². The minimum Gasteiger partial charge on any atom is -0.385 e. The largest absolute Gasteiger partial charge is 0.385 e. The summed E-state index contributed by atoms with van der Waals surface area (Å²) < 4.78 is 16.5. The van der Waals surface area contributed by atoms with Crippen LogP contribution in [0.25, 0.3) is 0 Å². The molecule has 0 bridgehead atoms. The summed E-state index contributed by atoms with van der Waals surface area (Å²) in [5.74, 6) is 0.858. The molecule has 0 aromatic heterocycles. The summed E-state index contributed by atoms with van der Waals surface area (Å²) in [5.41, 5.74) is 0.241. The molecule has 0 atom stereocenters. The van der Waals surface area contributed by atoms with Crippen LogP contribution in [0.5, 0.6) is 0 Å². The van der Waals surface area contributed by atoms with Crippen molar-refractivity contribution in [2.24, 2.45) is 10.4 Å². The van der Waals surface area contributed by atoms with Crippen molar-refractivity contribution in [3.63, 3.8) is 0 Å². The predicted octanol–water partition coefficient (Wildman–Crippen LogP) is 1.55. The maximum Gasteiger partial charge on any atom is 0.191 e. The van der Waals surface area contributed by atoms with E-state index in [0.29, 0.717) is 5.41 Å². The molecular weight excluding hydrogens is 294 g/mol. The van der Waals surface area contributed by atoms with Gasteiger partial charge in [-0.2, -0.15) is 0 Å². The number of nitrogens with one attached hydrogen (secondary N) is 2. The topological polar surface area (TPSA) is 64.1 Å². The van der Waals surface area contributed by atoms with E-state index in [4.69, 9.17) is 14.2 Å². The lowest BCUT2D eigenvalue weighted by Crippen LogP contribution is -2.52. The normalized spacial score (nSPS) is 23.2. The van der Waals surface area contributed by atoms with Gasteiger partial charge in [-0.25, -0.2) is 0 Å². The van der Waals surface area contributed by atoms with Crippen LogP contribution in [0.1, 0.15) is 38.5 Å². The molecule has 1 saturated heterocycles. The van der Waals surface area contributed by atoms with Crippen LogP contribution in [-0.2, 0) is 14.2 Å². The van der Waals surface area contributed by atoms with Gasteiger partial charge in [-0.3, -0.25) is 4.99 Å². The first-order valence-corrected chi connectivity index (χ1v) is 8.74. The van der Waals surface area contributed by atoms with E-state index in [1.165, 1.54) is 19.3 Å². The van der Waals surface area contributed by atoms with Crippen molar-refractivity contribution < 1.29 is 14.2 Å². The molecule has 23 heavy (non-hydrogen) atoms. The van der Waals surface area contributed by atoms with E-state index in [1.807, 2.05) is 7.05 Å². The van der Waals surface area contributed by atoms with Crippen molar-refractivity contribution >= 4 is 5.96 Å². The summed E-state index contributed by atoms with van der Waals surface area (Å²) in [7, 11) is 5.39. The van der Waals surface area contributed by atoms with E-state index in [2.05, 4.69) is 15.6 Å². The fraction of sp³-hybridized carbons (Fsp3) is 0.941. The molecule has 0 aromatic rings. The van der Waals surface area contributed by atoms with Gasteiger partial charge < -0.3 is 24.8 Å². The first-order chi connectivity index (χ1) is 11.2. The first-order valence-electron chi connectivity index (χ1n) is 8.74. The third-order valence-electron chi connectivity index (χ3n) is 5.52. The second kappa shape index (κ2) is 8.85. The van der Waals surface area contributed by atoms with Crippen LogP contribution in [0, 0.1) is 5.41 Å². The van der Waals surface area contributed by atoms with Gasteiger partial charge in [0.05, 0.1) is 5.60 Å². The fourth-order valence-corrected chi connectivity index (χ4v) is 3.44. The molecule has 0 amide bonds. The lowest BCUT2D eigenvalue weighted by molar-refractivity contribution is -0.0855. The average Bonchev–Trinajstić information content (AvgIpc) is 2.57. The number of hydrogen-bond acceptors (Lipinski definition) is 4. The quantitative estimate of drug-likeness (QED) is 0.523.